The summed E-state index contributed by atoms with van der Waals surface area (Å²) in [4.78, 5) is 0. The van der Waals surface area contributed by atoms with Gasteiger partial charge in [0.15, 0.2) is 0 Å². The first-order valence-electron chi connectivity index (χ1n) is 5.00. The van der Waals surface area contributed by atoms with E-state index in [1.165, 1.54) is 11.5 Å². The van der Waals surface area contributed by atoms with E-state index in [4.69, 9.17) is 10.5 Å². The van der Waals surface area contributed by atoms with Crippen molar-refractivity contribution in [3.63, 3.8) is 0 Å². The van der Waals surface area contributed by atoms with Crippen LogP contribution in [0.15, 0.2) is 30.3 Å². The Kier molecular flexibility index (Phi) is 3.48. The number of nitrogens with zero attached hydrogens (tertiary/aromatic N) is 2. The van der Waals surface area contributed by atoms with Crippen LogP contribution in [0, 0.1) is 0 Å². The molecule has 16 heavy (non-hydrogen) atoms. The summed E-state index contributed by atoms with van der Waals surface area (Å²) in [6, 6.07) is 10.0. The van der Waals surface area contributed by atoms with Gasteiger partial charge < -0.3 is 10.5 Å². The normalized spacial score (nSPS) is 12.6. The second-order valence-electron chi connectivity index (χ2n) is 3.45. The first kappa shape index (κ1) is 11.0. The van der Waals surface area contributed by atoms with Crippen LogP contribution < -0.4 is 5.73 Å². The summed E-state index contributed by atoms with van der Waals surface area (Å²) in [7, 11) is 0. The fourth-order valence-electron chi connectivity index (χ4n) is 1.34. The van der Waals surface area contributed by atoms with Gasteiger partial charge in [-0.15, -0.1) is 5.10 Å². The molecular formula is C11H13N3OS. The number of nitrogen functional groups attached to an aromatic ring is 1. The van der Waals surface area contributed by atoms with Crippen LogP contribution in [0.3, 0.4) is 0 Å². The lowest BCUT2D eigenvalue weighted by atomic mass is 10.1. The van der Waals surface area contributed by atoms with E-state index in [1.54, 1.807) is 0 Å². The predicted octanol–water partition coefficient (Wildman–Crippen LogP) is 2.40. The van der Waals surface area contributed by atoms with Crippen LogP contribution >= 0.6 is 11.5 Å². The Bertz CT molecular complexity index is 444. The predicted molar refractivity (Wildman–Crippen MR) is 64.0 cm³/mol. The fourth-order valence-corrected chi connectivity index (χ4v) is 1.77. The molecule has 0 aliphatic heterocycles. The fraction of sp³-hybridized carbons (Fsp3) is 0.273. The monoisotopic (exact) mass is 235 g/mol. The molecule has 1 aromatic heterocycles. The molecule has 0 radical (unpaired) electrons. The summed E-state index contributed by atoms with van der Waals surface area (Å²) >= 11 is 1.19. The van der Waals surface area contributed by atoms with Gasteiger partial charge in [0.25, 0.3) is 0 Å². The van der Waals surface area contributed by atoms with Crippen LogP contribution in [0.4, 0.5) is 5.00 Å². The van der Waals surface area contributed by atoms with Crippen molar-refractivity contribution >= 4 is 16.5 Å². The zero-order chi connectivity index (χ0) is 11.4. The third-order valence-corrected chi connectivity index (χ3v) is 2.92. The molecular weight excluding hydrogens is 222 g/mol. The van der Waals surface area contributed by atoms with Gasteiger partial charge in [0.1, 0.15) is 10.7 Å². The number of hydrogen-bond acceptors (Lipinski definition) is 5. The molecule has 0 saturated carbocycles. The molecule has 0 amide bonds. The van der Waals surface area contributed by atoms with Crippen LogP contribution in [0.2, 0.25) is 0 Å². The van der Waals surface area contributed by atoms with Gasteiger partial charge in [-0.2, -0.15) is 0 Å². The van der Waals surface area contributed by atoms with Crippen molar-refractivity contribution in [3.8, 4) is 0 Å². The lowest BCUT2D eigenvalue weighted by Crippen LogP contribution is -2.02. The molecule has 0 aliphatic rings. The van der Waals surface area contributed by atoms with Crippen LogP contribution in [-0.2, 0) is 11.3 Å². The summed E-state index contributed by atoms with van der Waals surface area (Å²) in [6.07, 6.45) is 0.0299. The minimum absolute atomic E-state index is 0.0299. The highest BCUT2D eigenvalue weighted by molar-refractivity contribution is 7.09. The van der Waals surface area contributed by atoms with Crippen molar-refractivity contribution in [2.45, 2.75) is 19.6 Å². The largest absolute Gasteiger partial charge is 0.388 e. The van der Waals surface area contributed by atoms with Crippen LogP contribution in [0.25, 0.3) is 0 Å². The number of ether oxygens (including phenoxy) is 1. The number of aromatic nitrogens is 2. The number of rotatable bonds is 4. The second-order valence-corrected chi connectivity index (χ2v) is 4.23. The average molecular weight is 235 g/mol. The van der Waals surface area contributed by atoms with Crippen molar-refractivity contribution < 1.29 is 4.74 Å². The van der Waals surface area contributed by atoms with E-state index in [1.807, 2.05) is 37.3 Å². The lowest BCUT2D eigenvalue weighted by molar-refractivity contribution is 0.0508. The Hall–Kier alpha value is -1.46. The van der Waals surface area contributed by atoms with E-state index in [2.05, 4.69) is 9.59 Å². The lowest BCUT2D eigenvalue weighted by Gasteiger charge is -2.12. The molecule has 0 aliphatic carbocycles. The highest BCUT2D eigenvalue weighted by Crippen LogP contribution is 2.20. The molecule has 2 aromatic rings. The summed E-state index contributed by atoms with van der Waals surface area (Å²) in [6.45, 7) is 2.41. The Morgan fingerprint density at radius 3 is 2.75 bits per heavy atom. The van der Waals surface area contributed by atoms with Gasteiger partial charge in [-0.05, 0) is 12.5 Å². The Morgan fingerprint density at radius 1 is 1.38 bits per heavy atom. The summed E-state index contributed by atoms with van der Waals surface area (Å²) < 4.78 is 9.44. The highest BCUT2D eigenvalue weighted by atomic mass is 32.1. The maximum Gasteiger partial charge on any atom is 0.133 e. The van der Waals surface area contributed by atoms with Gasteiger partial charge in [0.2, 0.25) is 0 Å². The maximum absolute atomic E-state index is 5.68. The van der Waals surface area contributed by atoms with Crippen LogP contribution in [0.1, 0.15) is 24.3 Å². The van der Waals surface area contributed by atoms with Crippen molar-refractivity contribution in [2.75, 3.05) is 5.73 Å². The quantitative estimate of drug-likeness (QED) is 0.884. The summed E-state index contributed by atoms with van der Waals surface area (Å²) in [5.74, 6) is 0. The number of benzene rings is 1. The average Bonchev–Trinajstić information content (AvgIpc) is 2.73. The Balaban J connectivity index is 1.94. The van der Waals surface area contributed by atoms with Crippen molar-refractivity contribution in [2.24, 2.45) is 0 Å². The molecule has 0 bridgehead atoms. The van der Waals surface area contributed by atoms with Crippen molar-refractivity contribution in [1.29, 1.82) is 0 Å². The zero-order valence-corrected chi connectivity index (χ0v) is 9.78. The zero-order valence-electron chi connectivity index (χ0n) is 8.96. The number of hydrogen-bond donors (Lipinski definition) is 1. The molecule has 1 heterocycles. The molecule has 1 atom stereocenters. The Labute approximate surface area is 98.2 Å². The van der Waals surface area contributed by atoms with E-state index in [0.29, 0.717) is 17.3 Å². The SMILES string of the molecule is CC(OCc1nnsc1N)c1ccccc1. The third-order valence-electron chi connectivity index (χ3n) is 2.32. The van der Waals surface area contributed by atoms with Crippen molar-refractivity contribution in [1.82, 2.24) is 9.59 Å². The van der Waals surface area contributed by atoms with E-state index in [-0.39, 0.29) is 6.10 Å². The standard InChI is InChI=1S/C11H13N3OS/c1-8(9-5-3-2-4-6-9)15-7-10-11(12)16-14-13-10/h2-6,8H,7,12H2,1H3. The van der Waals surface area contributed by atoms with E-state index in [0.717, 1.165) is 5.56 Å². The molecule has 0 spiro atoms. The van der Waals surface area contributed by atoms with E-state index >= 15 is 0 Å². The topological polar surface area (TPSA) is 61.0 Å². The molecule has 0 fully saturated rings. The molecule has 1 unspecified atom stereocenters. The molecule has 2 N–H and O–H groups in total. The minimum atomic E-state index is 0.0299. The van der Waals surface area contributed by atoms with Gasteiger partial charge in [0.05, 0.1) is 12.7 Å². The summed E-state index contributed by atoms with van der Waals surface area (Å²) in [5, 5.41) is 4.53. The summed E-state index contributed by atoms with van der Waals surface area (Å²) in [5.41, 5.74) is 7.54. The van der Waals surface area contributed by atoms with Gasteiger partial charge in [-0.1, -0.05) is 34.8 Å². The molecule has 5 heteroatoms. The molecule has 4 nitrogen and oxygen atoms in total. The van der Waals surface area contributed by atoms with Gasteiger partial charge in [-0.25, -0.2) is 0 Å². The number of anilines is 1. The van der Waals surface area contributed by atoms with Gasteiger partial charge >= 0.3 is 0 Å². The molecule has 1 aromatic carbocycles. The second kappa shape index (κ2) is 5.05. The van der Waals surface area contributed by atoms with Gasteiger partial charge in [-0.3, -0.25) is 0 Å². The maximum atomic E-state index is 5.68. The molecule has 0 saturated heterocycles. The van der Waals surface area contributed by atoms with E-state index in [9.17, 15) is 0 Å². The van der Waals surface area contributed by atoms with Crippen molar-refractivity contribution in [3.05, 3.63) is 41.6 Å². The smallest absolute Gasteiger partial charge is 0.133 e. The van der Waals surface area contributed by atoms with Crippen LogP contribution in [0.5, 0.6) is 0 Å². The van der Waals surface area contributed by atoms with E-state index < -0.39 is 0 Å². The molecule has 2 rings (SSSR count). The minimum Gasteiger partial charge on any atom is -0.388 e. The molecule has 84 valence electrons. The number of nitrogens with two attached hydrogens (primary N) is 1. The highest BCUT2D eigenvalue weighted by Gasteiger charge is 2.09. The van der Waals surface area contributed by atoms with Gasteiger partial charge in [0, 0.05) is 11.5 Å². The first-order valence-corrected chi connectivity index (χ1v) is 5.78. The van der Waals surface area contributed by atoms with Crippen LogP contribution in [-0.4, -0.2) is 9.59 Å². The first-order chi connectivity index (χ1) is 7.77. The third kappa shape index (κ3) is 2.56. The Morgan fingerprint density at radius 2 is 2.12 bits per heavy atom.